The molecule has 6 nitrogen and oxygen atoms in total. The molecule has 1 aromatic heterocycles. The number of ether oxygens (including phenoxy) is 2. The van der Waals surface area contributed by atoms with Crippen molar-refractivity contribution in [2.75, 3.05) is 13.7 Å². The highest BCUT2D eigenvalue weighted by Gasteiger charge is 2.13. The summed E-state index contributed by atoms with van der Waals surface area (Å²) in [5.41, 5.74) is 1.03. The van der Waals surface area contributed by atoms with Crippen LogP contribution < -0.4 is 14.8 Å². The molecular weight excluding hydrogens is 294 g/mol. The van der Waals surface area contributed by atoms with E-state index in [1.165, 1.54) is 0 Å². The van der Waals surface area contributed by atoms with Crippen molar-refractivity contribution in [2.24, 2.45) is 0 Å². The van der Waals surface area contributed by atoms with Gasteiger partial charge in [0.2, 0.25) is 0 Å². The smallest absolute Gasteiger partial charge is 0.264 e. The van der Waals surface area contributed by atoms with Crippen LogP contribution in [0.1, 0.15) is 24.2 Å². The molecule has 1 N–H and O–H groups in total. The molecule has 0 aliphatic heterocycles. The van der Waals surface area contributed by atoms with E-state index in [4.69, 9.17) is 25.6 Å². The van der Waals surface area contributed by atoms with Gasteiger partial charge in [-0.15, -0.1) is 0 Å². The SMILES string of the molecule is CCNCc1cc(Cl)c(OCc2nc(C)no2)c(OC)c1. The van der Waals surface area contributed by atoms with E-state index in [9.17, 15) is 0 Å². The van der Waals surface area contributed by atoms with Gasteiger partial charge in [0.05, 0.1) is 12.1 Å². The summed E-state index contributed by atoms with van der Waals surface area (Å²) in [5, 5.41) is 7.42. The van der Waals surface area contributed by atoms with Crippen molar-refractivity contribution in [2.45, 2.75) is 27.0 Å². The molecule has 1 heterocycles. The fourth-order valence-electron chi connectivity index (χ4n) is 1.82. The van der Waals surface area contributed by atoms with Gasteiger partial charge in [0.15, 0.2) is 23.9 Å². The molecule has 0 aliphatic rings. The lowest BCUT2D eigenvalue weighted by Gasteiger charge is -2.13. The molecule has 114 valence electrons. The molecule has 2 aromatic rings. The lowest BCUT2D eigenvalue weighted by atomic mass is 10.2. The molecule has 2 rings (SSSR count). The van der Waals surface area contributed by atoms with Crippen molar-refractivity contribution in [1.82, 2.24) is 15.5 Å². The first-order chi connectivity index (χ1) is 10.1. The topological polar surface area (TPSA) is 69.4 Å². The maximum Gasteiger partial charge on any atom is 0.264 e. The molecule has 1 aromatic carbocycles. The molecule has 0 fully saturated rings. The van der Waals surface area contributed by atoms with E-state index in [0.717, 1.165) is 18.7 Å². The fourth-order valence-corrected chi connectivity index (χ4v) is 2.11. The largest absolute Gasteiger partial charge is 0.493 e. The Labute approximate surface area is 128 Å². The number of benzene rings is 1. The molecule has 0 saturated carbocycles. The van der Waals surface area contributed by atoms with Gasteiger partial charge in [-0.2, -0.15) is 4.98 Å². The van der Waals surface area contributed by atoms with Gasteiger partial charge in [-0.1, -0.05) is 23.7 Å². The summed E-state index contributed by atoms with van der Waals surface area (Å²) in [6.45, 7) is 5.53. The highest BCUT2D eigenvalue weighted by molar-refractivity contribution is 6.32. The Morgan fingerprint density at radius 2 is 2.19 bits per heavy atom. The fraction of sp³-hybridized carbons (Fsp3) is 0.429. The van der Waals surface area contributed by atoms with Gasteiger partial charge in [-0.3, -0.25) is 0 Å². The number of aryl methyl sites for hydroxylation is 1. The van der Waals surface area contributed by atoms with Crippen LogP contribution in [0.4, 0.5) is 0 Å². The molecule has 0 amide bonds. The third-order valence-corrected chi connectivity index (χ3v) is 3.06. The van der Waals surface area contributed by atoms with Gasteiger partial charge in [0, 0.05) is 6.54 Å². The second-order valence-corrected chi connectivity index (χ2v) is 4.82. The van der Waals surface area contributed by atoms with Crippen LogP contribution in [0.5, 0.6) is 11.5 Å². The number of rotatable bonds is 7. The first-order valence-corrected chi connectivity index (χ1v) is 7.01. The molecule has 0 aliphatic carbocycles. The molecule has 0 unspecified atom stereocenters. The van der Waals surface area contributed by atoms with E-state index in [-0.39, 0.29) is 6.61 Å². The van der Waals surface area contributed by atoms with Crippen molar-refractivity contribution < 1.29 is 14.0 Å². The highest BCUT2D eigenvalue weighted by atomic mass is 35.5. The Kier molecular flexibility index (Phi) is 5.41. The predicted octanol–water partition coefficient (Wildman–Crippen LogP) is 2.73. The van der Waals surface area contributed by atoms with Crippen LogP contribution in [0, 0.1) is 6.92 Å². The predicted molar refractivity (Wildman–Crippen MR) is 78.8 cm³/mol. The normalized spacial score (nSPS) is 10.7. The summed E-state index contributed by atoms with van der Waals surface area (Å²) in [4.78, 5) is 4.07. The molecule has 0 bridgehead atoms. The Morgan fingerprint density at radius 1 is 1.38 bits per heavy atom. The number of nitrogens with one attached hydrogen (secondary N) is 1. The van der Waals surface area contributed by atoms with Crippen LogP contribution in [-0.4, -0.2) is 23.8 Å². The quantitative estimate of drug-likeness (QED) is 0.848. The molecule has 7 heteroatoms. The van der Waals surface area contributed by atoms with E-state index in [0.29, 0.717) is 28.2 Å². The monoisotopic (exact) mass is 311 g/mol. The van der Waals surface area contributed by atoms with Crippen LogP contribution in [0.25, 0.3) is 0 Å². The van der Waals surface area contributed by atoms with Crippen molar-refractivity contribution in [3.05, 3.63) is 34.4 Å². The van der Waals surface area contributed by atoms with E-state index in [1.54, 1.807) is 14.0 Å². The summed E-state index contributed by atoms with van der Waals surface area (Å²) in [7, 11) is 1.58. The van der Waals surface area contributed by atoms with Gasteiger partial charge < -0.3 is 19.3 Å². The molecule has 0 spiro atoms. The first-order valence-electron chi connectivity index (χ1n) is 6.63. The lowest BCUT2D eigenvalue weighted by molar-refractivity contribution is 0.233. The Morgan fingerprint density at radius 3 is 2.81 bits per heavy atom. The average molecular weight is 312 g/mol. The number of hydrogen-bond donors (Lipinski definition) is 1. The van der Waals surface area contributed by atoms with Gasteiger partial charge in [-0.05, 0) is 31.2 Å². The molecule has 21 heavy (non-hydrogen) atoms. The van der Waals surface area contributed by atoms with Crippen LogP contribution in [-0.2, 0) is 13.2 Å². The Balaban J connectivity index is 2.14. The minimum absolute atomic E-state index is 0.142. The van der Waals surface area contributed by atoms with E-state index < -0.39 is 0 Å². The third kappa shape index (κ3) is 4.09. The summed E-state index contributed by atoms with van der Waals surface area (Å²) < 4.78 is 16.0. The van der Waals surface area contributed by atoms with Gasteiger partial charge in [0.25, 0.3) is 5.89 Å². The van der Waals surface area contributed by atoms with Crippen LogP contribution in [0.15, 0.2) is 16.7 Å². The maximum absolute atomic E-state index is 6.26. The van der Waals surface area contributed by atoms with Crippen molar-refractivity contribution in [1.29, 1.82) is 0 Å². The van der Waals surface area contributed by atoms with Crippen molar-refractivity contribution in [3.8, 4) is 11.5 Å². The highest BCUT2D eigenvalue weighted by Crippen LogP contribution is 2.36. The van der Waals surface area contributed by atoms with Crippen LogP contribution in [0.3, 0.4) is 0 Å². The Hall–Kier alpha value is -1.79. The molecule has 0 saturated heterocycles. The number of halogens is 1. The lowest BCUT2D eigenvalue weighted by Crippen LogP contribution is -2.12. The van der Waals surface area contributed by atoms with E-state index in [2.05, 4.69) is 15.5 Å². The Bertz CT molecular complexity index is 601. The van der Waals surface area contributed by atoms with Crippen molar-refractivity contribution >= 4 is 11.6 Å². The summed E-state index contributed by atoms with van der Waals surface area (Å²) in [6.07, 6.45) is 0. The summed E-state index contributed by atoms with van der Waals surface area (Å²) in [6, 6.07) is 3.74. The van der Waals surface area contributed by atoms with Crippen LogP contribution >= 0.6 is 11.6 Å². The second-order valence-electron chi connectivity index (χ2n) is 4.41. The molecule has 0 atom stereocenters. The zero-order valence-electron chi connectivity index (χ0n) is 12.3. The van der Waals surface area contributed by atoms with E-state index >= 15 is 0 Å². The number of methoxy groups -OCH3 is 1. The first kappa shape index (κ1) is 15.6. The summed E-state index contributed by atoms with van der Waals surface area (Å²) >= 11 is 6.26. The van der Waals surface area contributed by atoms with Gasteiger partial charge in [-0.25, -0.2) is 0 Å². The minimum atomic E-state index is 0.142. The van der Waals surface area contributed by atoms with E-state index in [1.807, 2.05) is 19.1 Å². The molecular formula is C14H18ClN3O3. The second kappa shape index (κ2) is 7.28. The van der Waals surface area contributed by atoms with Crippen LogP contribution in [0.2, 0.25) is 5.02 Å². The third-order valence-electron chi connectivity index (χ3n) is 2.78. The zero-order valence-corrected chi connectivity index (χ0v) is 13.0. The van der Waals surface area contributed by atoms with Gasteiger partial charge in [0.1, 0.15) is 0 Å². The van der Waals surface area contributed by atoms with Gasteiger partial charge >= 0.3 is 0 Å². The average Bonchev–Trinajstić information content (AvgIpc) is 2.89. The zero-order chi connectivity index (χ0) is 15.2. The standard InChI is InChI=1S/C14H18ClN3O3/c1-4-16-7-10-5-11(15)14(12(6-10)19-3)20-8-13-17-9(2)18-21-13/h5-6,16H,4,7-8H2,1-3H3. The summed E-state index contributed by atoms with van der Waals surface area (Å²) in [5.74, 6) is 2.00. The van der Waals surface area contributed by atoms with Crippen molar-refractivity contribution in [3.63, 3.8) is 0 Å². The maximum atomic E-state index is 6.26. The number of nitrogens with zero attached hydrogens (tertiary/aromatic N) is 2. The molecule has 0 radical (unpaired) electrons. The number of aromatic nitrogens is 2. The number of hydrogen-bond acceptors (Lipinski definition) is 6. The minimum Gasteiger partial charge on any atom is -0.493 e.